The van der Waals surface area contributed by atoms with Gasteiger partial charge in [0.05, 0.1) is 12.1 Å². The SMILES string of the molecule is CC(C)C(NC(=O)Cc1ccccc1)C(=O)Nc1ccc(Cl)cc1F. The van der Waals surface area contributed by atoms with Gasteiger partial charge in [-0.3, -0.25) is 9.59 Å². The third-order valence-electron chi connectivity index (χ3n) is 3.66. The summed E-state index contributed by atoms with van der Waals surface area (Å²) in [6.07, 6.45) is 0.173. The van der Waals surface area contributed by atoms with E-state index >= 15 is 0 Å². The highest BCUT2D eigenvalue weighted by atomic mass is 35.5. The summed E-state index contributed by atoms with van der Waals surface area (Å²) >= 11 is 5.70. The summed E-state index contributed by atoms with van der Waals surface area (Å²) < 4.78 is 13.8. The molecule has 0 heterocycles. The molecule has 2 amide bonds. The van der Waals surface area contributed by atoms with Crippen molar-refractivity contribution < 1.29 is 14.0 Å². The summed E-state index contributed by atoms with van der Waals surface area (Å²) in [6.45, 7) is 3.62. The second-order valence-electron chi connectivity index (χ2n) is 6.06. The number of hydrogen-bond donors (Lipinski definition) is 2. The van der Waals surface area contributed by atoms with Crippen LogP contribution in [0.1, 0.15) is 19.4 Å². The van der Waals surface area contributed by atoms with Gasteiger partial charge >= 0.3 is 0 Å². The molecule has 1 atom stereocenters. The number of carbonyl (C=O) groups excluding carboxylic acids is 2. The van der Waals surface area contributed by atoms with Crippen molar-refractivity contribution in [1.82, 2.24) is 5.32 Å². The average Bonchev–Trinajstić information content (AvgIpc) is 2.55. The lowest BCUT2D eigenvalue weighted by molar-refractivity contribution is -0.127. The molecule has 0 aliphatic heterocycles. The maximum Gasteiger partial charge on any atom is 0.247 e. The maximum absolute atomic E-state index is 13.8. The van der Waals surface area contributed by atoms with Crippen molar-refractivity contribution in [2.45, 2.75) is 26.3 Å². The fourth-order valence-electron chi connectivity index (χ4n) is 2.34. The molecule has 25 heavy (non-hydrogen) atoms. The highest BCUT2D eigenvalue weighted by Crippen LogP contribution is 2.19. The fraction of sp³-hybridized carbons (Fsp3) is 0.263. The standard InChI is InChI=1S/C19H20ClFN2O2/c1-12(2)18(23-17(24)10-13-6-4-3-5-7-13)19(25)22-16-9-8-14(20)11-15(16)21/h3-9,11-12,18H,10H2,1-2H3,(H,22,25)(H,23,24). The second-order valence-corrected chi connectivity index (χ2v) is 6.50. The smallest absolute Gasteiger partial charge is 0.247 e. The zero-order chi connectivity index (χ0) is 18.4. The van der Waals surface area contributed by atoms with Crippen molar-refractivity contribution in [1.29, 1.82) is 0 Å². The summed E-state index contributed by atoms with van der Waals surface area (Å²) in [5.74, 6) is -1.52. The van der Waals surface area contributed by atoms with E-state index in [1.54, 1.807) is 0 Å². The first-order chi connectivity index (χ1) is 11.9. The van der Waals surface area contributed by atoms with Crippen LogP contribution in [0.3, 0.4) is 0 Å². The van der Waals surface area contributed by atoms with E-state index in [0.717, 1.165) is 11.6 Å². The van der Waals surface area contributed by atoms with Crippen LogP contribution in [-0.2, 0) is 16.0 Å². The van der Waals surface area contributed by atoms with E-state index in [1.807, 2.05) is 44.2 Å². The first kappa shape index (κ1) is 18.9. The molecule has 0 fully saturated rings. The van der Waals surface area contributed by atoms with Crippen molar-refractivity contribution in [3.63, 3.8) is 0 Å². The van der Waals surface area contributed by atoms with E-state index in [0.29, 0.717) is 0 Å². The van der Waals surface area contributed by atoms with E-state index in [2.05, 4.69) is 10.6 Å². The maximum atomic E-state index is 13.8. The van der Waals surface area contributed by atoms with Crippen molar-refractivity contribution in [3.8, 4) is 0 Å². The fourth-order valence-corrected chi connectivity index (χ4v) is 2.50. The molecule has 4 nitrogen and oxygen atoms in total. The lowest BCUT2D eigenvalue weighted by Gasteiger charge is -2.22. The molecule has 0 radical (unpaired) electrons. The van der Waals surface area contributed by atoms with E-state index < -0.39 is 17.8 Å². The van der Waals surface area contributed by atoms with Crippen LogP contribution in [-0.4, -0.2) is 17.9 Å². The number of anilines is 1. The molecule has 0 bridgehead atoms. The Morgan fingerprint density at radius 2 is 1.80 bits per heavy atom. The van der Waals surface area contributed by atoms with Crippen LogP contribution in [0.15, 0.2) is 48.5 Å². The first-order valence-corrected chi connectivity index (χ1v) is 8.34. The predicted octanol–water partition coefficient (Wildman–Crippen LogP) is 3.80. The molecule has 2 rings (SSSR count). The van der Waals surface area contributed by atoms with Gasteiger partial charge in [-0.1, -0.05) is 55.8 Å². The van der Waals surface area contributed by atoms with Gasteiger partial charge in [0.1, 0.15) is 11.9 Å². The third-order valence-corrected chi connectivity index (χ3v) is 3.90. The number of benzene rings is 2. The van der Waals surface area contributed by atoms with Crippen molar-refractivity contribution in [3.05, 3.63) is 64.9 Å². The van der Waals surface area contributed by atoms with Gasteiger partial charge in [0.25, 0.3) is 0 Å². The van der Waals surface area contributed by atoms with Gasteiger partial charge in [-0.2, -0.15) is 0 Å². The molecule has 2 aromatic rings. The monoisotopic (exact) mass is 362 g/mol. The Kier molecular flexibility index (Phi) is 6.53. The number of hydrogen-bond acceptors (Lipinski definition) is 2. The van der Waals surface area contributed by atoms with Gasteiger partial charge in [0, 0.05) is 5.02 Å². The molecule has 6 heteroatoms. The van der Waals surface area contributed by atoms with Gasteiger partial charge in [-0.05, 0) is 29.7 Å². The van der Waals surface area contributed by atoms with Crippen LogP contribution in [0.5, 0.6) is 0 Å². The summed E-state index contributed by atoms with van der Waals surface area (Å²) in [4.78, 5) is 24.7. The molecule has 0 saturated carbocycles. The number of rotatable bonds is 6. The number of halogens is 2. The van der Waals surface area contributed by atoms with E-state index in [1.165, 1.54) is 12.1 Å². The quantitative estimate of drug-likeness (QED) is 0.821. The summed E-state index contributed by atoms with van der Waals surface area (Å²) in [5, 5.41) is 5.46. The minimum absolute atomic E-state index is 0.0253. The molecule has 1 unspecified atom stereocenters. The molecule has 0 spiro atoms. The topological polar surface area (TPSA) is 58.2 Å². The molecule has 0 aromatic heterocycles. The largest absolute Gasteiger partial charge is 0.344 e. The van der Waals surface area contributed by atoms with Gasteiger partial charge in [0.15, 0.2) is 0 Å². The zero-order valence-electron chi connectivity index (χ0n) is 14.1. The van der Waals surface area contributed by atoms with Crippen LogP contribution in [0.25, 0.3) is 0 Å². The second kappa shape index (κ2) is 8.62. The third kappa shape index (κ3) is 5.57. The van der Waals surface area contributed by atoms with Crippen molar-refractivity contribution >= 4 is 29.1 Å². The van der Waals surface area contributed by atoms with Crippen molar-refractivity contribution in [2.75, 3.05) is 5.32 Å². The average molecular weight is 363 g/mol. The van der Waals surface area contributed by atoms with Gasteiger partial charge in [-0.15, -0.1) is 0 Å². The summed E-state index contributed by atoms with van der Waals surface area (Å²) in [7, 11) is 0. The Morgan fingerprint density at radius 1 is 1.12 bits per heavy atom. The minimum Gasteiger partial charge on any atom is -0.344 e. The number of amides is 2. The van der Waals surface area contributed by atoms with Gasteiger partial charge in [-0.25, -0.2) is 4.39 Å². The van der Waals surface area contributed by atoms with Crippen LogP contribution < -0.4 is 10.6 Å². The zero-order valence-corrected chi connectivity index (χ0v) is 14.8. The number of carbonyl (C=O) groups is 2. The molecular weight excluding hydrogens is 343 g/mol. The normalized spacial score (nSPS) is 11.9. The molecule has 2 N–H and O–H groups in total. The number of nitrogens with one attached hydrogen (secondary N) is 2. The Balaban J connectivity index is 2.03. The van der Waals surface area contributed by atoms with Crippen LogP contribution in [0, 0.1) is 11.7 Å². The Morgan fingerprint density at radius 3 is 2.40 bits per heavy atom. The summed E-state index contributed by atoms with van der Waals surface area (Å²) in [5.41, 5.74) is 0.879. The predicted molar refractivity (Wildman–Crippen MR) is 97.0 cm³/mol. The van der Waals surface area contributed by atoms with E-state index in [-0.39, 0.29) is 29.0 Å². The highest BCUT2D eigenvalue weighted by Gasteiger charge is 2.25. The highest BCUT2D eigenvalue weighted by molar-refractivity contribution is 6.30. The van der Waals surface area contributed by atoms with Crippen LogP contribution in [0.4, 0.5) is 10.1 Å². The summed E-state index contributed by atoms with van der Waals surface area (Å²) in [6, 6.07) is 12.5. The molecule has 2 aromatic carbocycles. The van der Waals surface area contributed by atoms with Crippen LogP contribution >= 0.6 is 11.6 Å². The molecule has 0 aliphatic carbocycles. The minimum atomic E-state index is -0.772. The van der Waals surface area contributed by atoms with Gasteiger partial charge < -0.3 is 10.6 Å². The van der Waals surface area contributed by atoms with Crippen molar-refractivity contribution in [2.24, 2.45) is 5.92 Å². The Labute approximate surface area is 151 Å². The molecule has 132 valence electrons. The lowest BCUT2D eigenvalue weighted by Crippen LogP contribution is -2.47. The first-order valence-electron chi connectivity index (χ1n) is 7.96. The van der Waals surface area contributed by atoms with E-state index in [4.69, 9.17) is 11.6 Å². The Hall–Kier alpha value is -2.40. The van der Waals surface area contributed by atoms with E-state index in [9.17, 15) is 14.0 Å². The van der Waals surface area contributed by atoms with Gasteiger partial charge in [0.2, 0.25) is 11.8 Å². The molecule has 0 saturated heterocycles. The lowest BCUT2D eigenvalue weighted by atomic mass is 10.0. The van der Waals surface area contributed by atoms with Crippen LogP contribution in [0.2, 0.25) is 5.02 Å². The Bertz CT molecular complexity index is 750. The molecular formula is C19H20ClFN2O2. The molecule has 0 aliphatic rings.